The average molecular weight is 234 g/mol. The summed E-state index contributed by atoms with van der Waals surface area (Å²) in [5.74, 6) is -0.400. The lowest BCUT2D eigenvalue weighted by Crippen LogP contribution is -2.15. The molecule has 2 N–H and O–H groups in total. The van der Waals surface area contributed by atoms with Crippen LogP contribution in [0.2, 0.25) is 0 Å². The molecule has 0 aliphatic heterocycles. The van der Waals surface area contributed by atoms with Gasteiger partial charge in [-0.25, -0.2) is 0 Å². The Balaban J connectivity index is 5.44. The van der Waals surface area contributed by atoms with E-state index < -0.39 is 5.91 Å². The van der Waals surface area contributed by atoms with Gasteiger partial charge >= 0.3 is 0 Å². The fraction of sp³-hybridized carbons (Fsp3) is 0.429. The van der Waals surface area contributed by atoms with Crippen LogP contribution in [0.5, 0.6) is 0 Å². The number of primary amides is 1. The molecule has 0 bridgehead atoms. The van der Waals surface area contributed by atoms with Crippen molar-refractivity contribution in [2.45, 2.75) is 33.6 Å². The van der Waals surface area contributed by atoms with Gasteiger partial charge in [-0.05, 0) is 31.4 Å². The molecule has 3 heteroatoms. The minimum atomic E-state index is -0.400. The van der Waals surface area contributed by atoms with Crippen molar-refractivity contribution >= 4 is 12.1 Å². The zero-order valence-corrected chi connectivity index (χ0v) is 11.2. The van der Waals surface area contributed by atoms with Crippen LogP contribution in [0, 0.1) is 0 Å². The molecule has 0 atom stereocenters. The Morgan fingerprint density at radius 1 is 1.35 bits per heavy atom. The molecule has 0 aromatic rings. The van der Waals surface area contributed by atoms with Crippen molar-refractivity contribution in [2.24, 2.45) is 10.7 Å². The second-order valence-electron chi connectivity index (χ2n) is 3.76. The maximum absolute atomic E-state index is 11.4. The van der Waals surface area contributed by atoms with Crippen LogP contribution in [0.3, 0.4) is 0 Å². The van der Waals surface area contributed by atoms with E-state index in [4.69, 9.17) is 5.73 Å². The van der Waals surface area contributed by atoms with Gasteiger partial charge in [0.25, 0.3) is 0 Å². The highest BCUT2D eigenvalue weighted by Gasteiger charge is 2.08. The predicted octanol–water partition coefficient (Wildman–Crippen LogP) is 2.79. The molecule has 1 amide bonds. The van der Waals surface area contributed by atoms with E-state index in [9.17, 15) is 4.79 Å². The van der Waals surface area contributed by atoms with Crippen LogP contribution in [0.25, 0.3) is 0 Å². The van der Waals surface area contributed by atoms with Crippen molar-refractivity contribution in [3.8, 4) is 0 Å². The quantitative estimate of drug-likeness (QED) is 0.429. The average Bonchev–Trinajstić information content (AvgIpc) is 2.31. The minimum Gasteiger partial charge on any atom is -0.366 e. The molecule has 0 radical (unpaired) electrons. The highest BCUT2D eigenvalue weighted by molar-refractivity contribution is 5.98. The maximum Gasteiger partial charge on any atom is 0.248 e. The van der Waals surface area contributed by atoms with Crippen molar-refractivity contribution in [1.82, 2.24) is 0 Å². The molecule has 17 heavy (non-hydrogen) atoms. The fourth-order valence-electron chi connectivity index (χ4n) is 1.30. The van der Waals surface area contributed by atoms with Gasteiger partial charge < -0.3 is 5.73 Å². The van der Waals surface area contributed by atoms with E-state index >= 15 is 0 Å². The number of nitrogens with zero attached hydrogens (tertiary/aromatic N) is 1. The first kappa shape index (κ1) is 15.4. The summed E-state index contributed by atoms with van der Waals surface area (Å²) in [4.78, 5) is 15.3. The highest BCUT2D eigenvalue weighted by Crippen LogP contribution is 2.15. The summed E-state index contributed by atoms with van der Waals surface area (Å²) in [5.41, 5.74) is 7.97. The lowest BCUT2D eigenvalue weighted by atomic mass is 10.0. The third-order valence-electron chi connectivity index (χ3n) is 2.35. The number of allylic oxidation sites excluding steroid dienone is 4. The molecule has 0 spiro atoms. The number of aliphatic imine (C=N–C) groups is 1. The summed E-state index contributed by atoms with van der Waals surface area (Å²) in [6.45, 7) is 6.08. The van der Waals surface area contributed by atoms with E-state index in [0.717, 1.165) is 18.4 Å². The van der Waals surface area contributed by atoms with Gasteiger partial charge in [-0.3, -0.25) is 9.79 Å². The number of carbonyl (C=O) groups is 1. The topological polar surface area (TPSA) is 55.5 Å². The summed E-state index contributed by atoms with van der Waals surface area (Å²) in [7, 11) is 1.69. The summed E-state index contributed by atoms with van der Waals surface area (Å²) in [5, 5.41) is 0. The molecule has 0 heterocycles. The van der Waals surface area contributed by atoms with Gasteiger partial charge in [0.2, 0.25) is 5.91 Å². The van der Waals surface area contributed by atoms with Crippen molar-refractivity contribution in [1.29, 1.82) is 0 Å². The van der Waals surface area contributed by atoms with E-state index in [1.165, 1.54) is 5.57 Å². The van der Waals surface area contributed by atoms with Gasteiger partial charge in [0, 0.05) is 18.8 Å². The first-order chi connectivity index (χ1) is 8.06. The summed E-state index contributed by atoms with van der Waals surface area (Å²) < 4.78 is 0. The molecular weight excluding hydrogens is 212 g/mol. The van der Waals surface area contributed by atoms with Gasteiger partial charge in [0.05, 0.1) is 0 Å². The van der Waals surface area contributed by atoms with Crippen molar-refractivity contribution < 1.29 is 4.79 Å². The molecule has 0 aromatic heterocycles. The van der Waals surface area contributed by atoms with Crippen molar-refractivity contribution in [3.63, 3.8) is 0 Å². The standard InChI is InChI=1S/C14H22N2O/c1-5-7-13(14(15)17)12(8-9-16-4)10-11(3)6-2/h7-10H,5-6H2,1-4H3,(H2,15,17)/b11-10+,12-8+,13-7+,16-9?. The maximum atomic E-state index is 11.4. The zero-order chi connectivity index (χ0) is 13.3. The Morgan fingerprint density at radius 3 is 2.41 bits per heavy atom. The van der Waals surface area contributed by atoms with Gasteiger partial charge in [-0.15, -0.1) is 0 Å². The first-order valence-corrected chi connectivity index (χ1v) is 5.86. The van der Waals surface area contributed by atoms with Crippen LogP contribution in [-0.2, 0) is 4.79 Å². The van der Waals surface area contributed by atoms with E-state index in [1.807, 2.05) is 32.1 Å². The lowest BCUT2D eigenvalue weighted by Gasteiger charge is -2.05. The summed E-state index contributed by atoms with van der Waals surface area (Å²) in [6.07, 6.45) is 9.02. The van der Waals surface area contributed by atoms with E-state index in [1.54, 1.807) is 13.3 Å². The van der Waals surface area contributed by atoms with Gasteiger partial charge in [-0.2, -0.15) is 0 Å². The highest BCUT2D eigenvalue weighted by atomic mass is 16.1. The smallest absolute Gasteiger partial charge is 0.248 e. The summed E-state index contributed by atoms with van der Waals surface area (Å²) in [6, 6.07) is 0. The molecule has 0 saturated heterocycles. The molecule has 0 saturated carbocycles. The van der Waals surface area contributed by atoms with Gasteiger partial charge in [0.1, 0.15) is 0 Å². The molecular formula is C14H22N2O. The largest absolute Gasteiger partial charge is 0.366 e. The number of rotatable bonds is 6. The molecule has 0 unspecified atom stereocenters. The second kappa shape index (κ2) is 8.50. The van der Waals surface area contributed by atoms with E-state index in [-0.39, 0.29) is 0 Å². The Morgan fingerprint density at radius 2 is 2.00 bits per heavy atom. The molecule has 0 aromatic carbocycles. The van der Waals surface area contributed by atoms with E-state index in [2.05, 4.69) is 11.9 Å². The minimum absolute atomic E-state index is 0.400. The molecule has 0 aliphatic carbocycles. The molecule has 0 fully saturated rings. The Kier molecular flexibility index (Phi) is 7.68. The molecule has 0 rings (SSSR count). The number of hydrogen-bond donors (Lipinski definition) is 1. The van der Waals surface area contributed by atoms with Gasteiger partial charge in [-0.1, -0.05) is 31.6 Å². The van der Waals surface area contributed by atoms with E-state index in [0.29, 0.717) is 5.57 Å². The second-order valence-corrected chi connectivity index (χ2v) is 3.76. The third-order valence-corrected chi connectivity index (χ3v) is 2.35. The van der Waals surface area contributed by atoms with Crippen LogP contribution in [0.4, 0.5) is 0 Å². The van der Waals surface area contributed by atoms with Crippen LogP contribution in [-0.4, -0.2) is 19.2 Å². The molecule has 94 valence electrons. The Labute approximate surface area is 104 Å². The lowest BCUT2D eigenvalue weighted by molar-refractivity contribution is -0.114. The van der Waals surface area contributed by atoms with Gasteiger partial charge in [0.15, 0.2) is 0 Å². The monoisotopic (exact) mass is 234 g/mol. The van der Waals surface area contributed by atoms with Crippen LogP contribution in [0.15, 0.2) is 39.9 Å². The normalized spacial score (nSPS) is 14.5. The van der Waals surface area contributed by atoms with Crippen LogP contribution < -0.4 is 5.73 Å². The Bertz CT molecular complexity index is 374. The SMILES string of the molecule is CC\C=C(C(N)=O)/C(/C=C(\C)CC)=C/C=NC. The first-order valence-electron chi connectivity index (χ1n) is 5.86. The van der Waals surface area contributed by atoms with Crippen molar-refractivity contribution in [3.05, 3.63) is 34.9 Å². The number of hydrogen-bond acceptors (Lipinski definition) is 2. The number of carbonyl (C=O) groups excluding carboxylic acids is 1. The Hall–Kier alpha value is -1.64. The fourth-order valence-corrected chi connectivity index (χ4v) is 1.30. The van der Waals surface area contributed by atoms with Crippen LogP contribution >= 0.6 is 0 Å². The number of amides is 1. The van der Waals surface area contributed by atoms with Crippen molar-refractivity contribution in [2.75, 3.05) is 7.05 Å². The molecule has 3 nitrogen and oxygen atoms in total. The zero-order valence-electron chi connectivity index (χ0n) is 11.2. The number of nitrogens with two attached hydrogens (primary N) is 1. The predicted molar refractivity (Wildman–Crippen MR) is 74.1 cm³/mol. The molecule has 0 aliphatic rings. The summed E-state index contributed by atoms with van der Waals surface area (Å²) >= 11 is 0. The van der Waals surface area contributed by atoms with Crippen LogP contribution in [0.1, 0.15) is 33.6 Å². The third kappa shape index (κ3) is 5.85.